The summed E-state index contributed by atoms with van der Waals surface area (Å²) in [6.07, 6.45) is 2.88. The van der Waals surface area contributed by atoms with Gasteiger partial charge < -0.3 is 10.2 Å². The average molecular weight is 186 g/mol. The van der Waals surface area contributed by atoms with E-state index >= 15 is 0 Å². The summed E-state index contributed by atoms with van der Waals surface area (Å²) in [5, 5.41) is 19.1. The third kappa shape index (κ3) is 4.32. The molecule has 0 aromatic heterocycles. The molecule has 0 aliphatic heterocycles. The SMILES string of the molecule is CCC(C)C(O)=CC(O)C(C)CC. The Morgan fingerprint density at radius 1 is 1.23 bits per heavy atom. The van der Waals surface area contributed by atoms with Crippen molar-refractivity contribution in [2.24, 2.45) is 11.8 Å². The van der Waals surface area contributed by atoms with Gasteiger partial charge in [0, 0.05) is 5.92 Å². The summed E-state index contributed by atoms with van der Waals surface area (Å²) < 4.78 is 0. The summed E-state index contributed by atoms with van der Waals surface area (Å²) in [5.41, 5.74) is 0. The van der Waals surface area contributed by atoms with Gasteiger partial charge in [-0.2, -0.15) is 0 Å². The maximum atomic E-state index is 9.60. The van der Waals surface area contributed by atoms with Gasteiger partial charge in [-0.15, -0.1) is 0 Å². The van der Waals surface area contributed by atoms with E-state index < -0.39 is 6.10 Å². The Balaban J connectivity index is 4.20. The molecule has 0 fully saturated rings. The average Bonchev–Trinajstić information content (AvgIpc) is 2.14. The molecular weight excluding hydrogens is 164 g/mol. The Kier molecular flexibility index (Phi) is 5.80. The molecule has 0 aromatic carbocycles. The fraction of sp³-hybridized carbons (Fsp3) is 0.818. The summed E-state index contributed by atoms with van der Waals surface area (Å²) in [5.74, 6) is 0.681. The summed E-state index contributed by atoms with van der Waals surface area (Å²) in [4.78, 5) is 0. The predicted molar refractivity (Wildman–Crippen MR) is 55.6 cm³/mol. The first kappa shape index (κ1) is 12.5. The maximum Gasteiger partial charge on any atom is 0.0936 e. The third-order valence-corrected chi connectivity index (χ3v) is 2.69. The van der Waals surface area contributed by atoms with Crippen molar-refractivity contribution in [1.82, 2.24) is 0 Å². The van der Waals surface area contributed by atoms with Gasteiger partial charge in [0.2, 0.25) is 0 Å². The van der Waals surface area contributed by atoms with Gasteiger partial charge in [-0.3, -0.25) is 0 Å². The molecule has 0 aromatic rings. The molecule has 0 saturated carbocycles. The Hall–Kier alpha value is -0.500. The Morgan fingerprint density at radius 2 is 1.77 bits per heavy atom. The second-order valence-corrected chi connectivity index (χ2v) is 3.78. The fourth-order valence-corrected chi connectivity index (χ4v) is 0.954. The van der Waals surface area contributed by atoms with Crippen LogP contribution in [-0.4, -0.2) is 16.3 Å². The van der Waals surface area contributed by atoms with Gasteiger partial charge in [-0.25, -0.2) is 0 Å². The van der Waals surface area contributed by atoms with Crippen molar-refractivity contribution < 1.29 is 10.2 Å². The number of aliphatic hydroxyl groups excluding tert-OH is 2. The van der Waals surface area contributed by atoms with E-state index in [0.717, 1.165) is 12.8 Å². The Morgan fingerprint density at radius 3 is 2.15 bits per heavy atom. The van der Waals surface area contributed by atoms with E-state index in [9.17, 15) is 10.2 Å². The van der Waals surface area contributed by atoms with Crippen LogP contribution in [0.2, 0.25) is 0 Å². The van der Waals surface area contributed by atoms with Crippen LogP contribution < -0.4 is 0 Å². The molecule has 0 rings (SSSR count). The number of rotatable bonds is 5. The van der Waals surface area contributed by atoms with Crippen molar-refractivity contribution in [2.75, 3.05) is 0 Å². The highest BCUT2D eigenvalue weighted by atomic mass is 16.3. The fourth-order valence-electron chi connectivity index (χ4n) is 0.954. The lowest BCUT2D eigenvalue weighted by molar-refractivity contribution is 0.153. The zero-order chi connectivity index (χ0) is 10.4. The van der Waals surface area contributed by atoms with Crippen molar-refractivity contribution in [3.63, 3.8) is 0 Å². The van der Waals surface area contributed by atoms with Crippen LogP contribution in [0, 0.1) is 11.8 Å². The van der Waals surface area contributed by atoms with Gasteiger partial charge >= 0.3 is 0 Å². The van der Waals surface area contributed by atoms with Crippen LogP contribution >= 0.6 is 0 Å². The van der Waals surface area contributed by atoms with Crippen molar-refractivity contribution >= 4 is 0 Å². The second-order valence-electron chi connectivity index (χ2n) is 3.78. The van der Waals surface area contributed by atoms with Gasteiger partial charge in [0.05, 0.1) is 11.9 Å². The molecule has 0 spiro atoms. The van der Waals surface area contributed by atoms with Crippen LogP contribution in [0.5, 0.6) is 0 Å². The number of hydrogen-bond donors (Lipinski definition) is 2. The van der Waals surface area contributed by atoms with Crippen LogP contribution in [0.4, 0.5) is 0 Å². The maximum absolute atomic E-state index is 9.60. The molecule has 0 bridgehead atoms. The zero-order valence-electron chi connectivity index (χ0n) is 9.12. The molecule has 3 atom stereocenters. The first-order chi connectivity index (χ1) is 6.02. The molecule has 0 heterocycles. The monoisotopic (exact) mass is 186 g/mol. The lowest BCUT2D eigenvalue weighted by atomic mass is 9.98. The highest BCUT2D eigenvalue weighted by molar-refractivity contribution is 5.00. The molecular formula is C11H22O2. The van der Waals surface area contributed by atoms with Crippen LogP contribution in [0.1, 0.15) is 40.5 Å². The molecule has 78 valence electrons. The van der Waals surface area contributed by atoms with Crippen molar-refractivity contribution in [3.05, 3.63) is 11.8 Å². The normalized spacial score (nSPS) is 19.6. The van der Waals surface area contributed by atoms with E-state index in [4.69, 9.17) is 0 Å². The first-order valence-corrected chi connectivity index (χ1v) is 5.11. The van der Waals surface area contributed by atoms with E-state index in [0.29, 0.717) is 5.76 Å². The molecule has 2 heteroatoms. The van der Waals surface area contributed by atoms with Crippen molar-refractivity contribution in [1.29, 1.82) is 0 Å². The highest BCUT2D eigenvalue weighted by Gasteiger charge is 2.12. The van der Waals surface area contributed by atoms with E-state index in [1.807, 2.05) is 27.7 Å². The third-order valence-electron chi connectivity index (χ3n) is 2.69. The molecule has 0 saturated heterocycles. The summed E-state index contributed by atoms with van der Waals surface area (Å²) in [6, 6.07) is 0. The largest absolute Gasteiger partial charge is 0.512 e. The van der Waals surface area contributed by atoms with Crippen LogP contribution in [0.3, 0.4) is 0 Å². The Bertz CT molecular complexity index is 163. The van der Waals surface area contributed by atoms with Crippen molar-refractivity contribution in [3.8, 4) is 0 Å². The molecule has 0 aliphatic carbocycles. The minimum atomic E-state index is -0.515. The quantitative estimate of drug-likeness (QED) is 0.648. The standard InChI is InChI=1S/C11H22O2/c1-5-8(3)10(12)7-11(13)9(4)6-2/h7-10,12-13H,5-6H2,1-4H3. The lowest BCUT2D eigenvalue weighted by Gasteiger charge is -2.15. The summed E-state index contributed by atoms with van der Waals surface area (Å²) in [7, 11) is 0. The van der Waals surface area contributed by atoms with Crippen LogP contribution in [0.15, 0.2) is 11.8 Å². The van der Waals surface area contributed by atoms with Crippen LogP contribution in [0.25, 0.3) is 0 Å². The molecule has 0 aliphatic rings. The minimum Gasteiger partial charge on any atom is -0.512 e. The van der Waals surface area contributed by atoms with Gasteiger partial charge in [-0.1, -0.05) is 34.1 Å². The summed E-state index contributed by atoms with van der Waals surface area (Å²) >= 11 is 0. The molecule has 0 amide bonds. The number of allylic oxidation sites excluding steroid dienone is 1. The van der Waals surface area contributed by atoms with E-state index in [1.54, 1.807) is 6.08 Å². The summed E-state index contributed by atoms with van der Waals surface area (Å²) in [6.45, 7) is 7.98. The first-order valence-electron chi connectivity index (χ1n) is 5.11. The van der Waals surface area contributed by atoms with Gasteiger partial charge in [0.25, 0.3) is 0 Å². The van der Waals surface area contributed by atoms with E-state index in [1.165, 1.54) is 0 Å². The molecule has 3 unspecified atom stereocenters. The second kappa shape index (κ2) is 6.03. The van der Waals surface area contributed by atoms with E-state index in [2.05, 4.69) is 0 Å². The predicted octanol–water partition coefficient (Wildman–Crippen LogP) is 2.88. The van der Waals surface area contributed by atoms with Crippen LogP contribution in [-0.2, 0) is 0 Å². The number of aliphatic hydroxyl groups is 2. The molecule has 2 N–H and O–H groups in total. The molecule has 13 heavy (non-hydrogen) atoms. The van der Waals surface area contributed by atoms with E-state index in [-0.39, 0.29) is 11.8 Å². The van der Waals surface area contributed by atoms with Gasteiger partial charge in [0.1, 0.15) is 0 Å². The zero-order valence-corrected chi connectivity index (χ0v) is 9.12. The van der Waals surface area contributed by atoms with Gasteiger partial charge in [0.15, 0.2) is 0 Å². The van der Waals surface area contributed by atoms with Crippen molar-refractivity contribution in [2.45, 2.75) is 46.6 Å². The minimum absolute atomic E-state index is 0.152. The lowest BCUT2D eigenvalue weighted by Crippen LogP contribution is -2.15. The number of hydrogen-bond acceptors (Lipinski definition) is 2. The Labute approximate surface area is 81.3 Å². The molecule has 0 radical (unpaired) electrons. The smallest absolute Gasteiger partial charge is 0.0936 e. The van der Waals surface area contributed by atoms with Gasteiger partial charge in [-0.05, 0) is 18.4 Å². The topological polar surface area (TPSA) is 40.5 Å². The molecule has 2 nitrogen and oxygen atoms in total. The highest BCUT2D eigenvalue weighted by Crippen LogP contribution is 2.15.